The number of hydrogen-bond acceptors (Lipinski definition) is 2. The van der Waals surface area contributed by atoms with Gasteiger partial charge in [0.05, 0.1) is 0 Å². The minimum Gasteiger partial charge on any atom is -0.507 e. The lowest BCUT2D eigenvalue weighted by molar-refractivity contribution is 0.509. The van der Waals surface area contributed by atoms with Crippen molar-refractivity contribution >= 4 is 17.0 Å². The van der Waals surface area contributed by atoms with Gasteiger partial charge in [0.15, 0.2) is 0 Å². The molecule has 0 fully saturated rings. The highest BCUT2D eigenvalue weighted by Gasteiger charge is 2.26. The molecule has 2 unspecified atom stereocenters. The molecule has 0 radical (unpaired) electrons. The average molecular weight is 295 g/mol. The molecule has 4 rings (SSSR count). The van der Waals surface area contributed by atoms with Gasteiger partial charge in [-0.25, -0.2) is 4.39 Å². The van der Waals surface area contributed by atoms with Crippen LogP contribution in [0.4, 0.5) is 10.1 Å². The second-order valence-electron chi connectivity index (χ2n) is 6.36. The molecule has 0 spiro atoms. The third-order valence-corrected chi connectivity index (χ3v) is 5.19. The first-order valence-electron chi connectivity index (χ1n) is 7.63. The molecule has 112 valence electrons. The van der Waals surface area contributed by atoms with Crippen LogP contribution in [0.15, 0.2) is 30.3 Å². The number of aliphatic hydroxyl groups is 1. The van der Waals surface area contributed by atoms with Gasteiger partial charge >= 0.3 is 0 Å². The zero-order chi connectivity index (χ0) is 15.6. The Balaban J connectivity index is 2.12. The fourth-order valence-electron chi connectivity index (χ4n) is 3.58. The summed E-state index contributed by atoms with van der Waals surface area (Å²) in [6.45, 7) is 6.48. The molecule has 0 bridgehead atoms. The average Bonchev–Trinajstić information content (AvgIpc) is 2.78. The van der Waals surface area contributed by atoms with Gasteiger partial charge in [0.1, 0.15) is 11.6 Å². The zero-order valence-corrected chi connectivity index (χ0v) is 12.9. The SMILES string of the molecule is CC1=c2cc3c(cc2NC(C)C1C)=C(O)c1cccc(F)c1-3. The molecule has 22 heavy (non-hydrogen) atoms. The Labute approximate surface area is 128 Å². The fourth-order valence-corrected chi connectivity index (χ4v) is 3.58. The second kappa shape index (κ2) is 4.35. The minimum absolute atomic E-state index is 0.165. The Hall–Kier alpha value is -2.29. The van der Waals surface area contributed by atoms with E-state index < -0.39 is 0 Å². The van der Waals surface area contributed by atoms with Crippen LogP contribution in [-0.4, -0.2) is 11.1 Å². The van der Waals surface area contributed by atoms with E-state index in [0.717, 1.165) is 16.5 Å². The molecule has 0 saturated heterocycles. The summed E-state index contributed by atoms with van der Waals surface area (Å²) in [6.07, 6.45) is 0. The first kappa shape index (κ1) is 13.4. The Morgan fingerprint density at radius 1 is 1.09 bits per heavy atom. The predicted molar refractivity (Wildman–Crippen MR) is 87.6 cm³/mol. The maximum Gasteiger partial charge on any atom is 0.131 e. The zero-order valence-electron chi connectivity index (χ0n) is 12.9. The number of rotatable bonds is 0. The van der Waals surface area contributed by atoms with E-state index in [4.69, 9.17) is 0 Å². The predicted octanol–water partition coefficient (Wildman–Crippen LogP) is 3.14. The molecule has 1 aliphatic carbocycles. The van der Waals surface area contributed by atoms with Crippen molar-refractivity contribution in [1.29, 1.82) is 0 Å². The largest absolute Gasteiger partial charge is 0.507 e. The first-order chi connectivity index (χ1) is 10.5. The van der Waals surface area contributed by atoms with Crippen molar-refractivity contribution in [3.05, 3.63) is 52.1 Å². The van der Waals surface area contributed by atoms with Crippen LogP contribution in [0.2, 0.25) is 0 Å². The topological polar surface area (TPSA) is 32.3 Å². The van der Waals surface area contributed by atoms with Crippen molar-refractivity contribution in [2.45, 2.75) is 26.8 Å². The Bertz CT molecular complexity index is 929. The van der Waals surface area contributed by atoms with Crippen LogP contribution in [0.1, 0.15) is 26.3 Å². The van der Waals surface area contributed by atoms with Crippen molar-refractivity contribution in [3.63, 3.8) is 0 Å². The molecule has 1 heterocycles. The summed E-state index contributed by atoms with van der Waals surface area (Å²) in [5, 5.41) is 15.8. The highest BCUT2D eigenvalue weighted by molar-refractivity contribution is 5.88. The van der Waals surface area contributed by atoms with E-state index in [1.165, 1.54) is 11.6 Å². The van der Waals surface area contributed by atoms with Crippen LogP contribution < -0.4 is 15.8 Å². The van der Waals surface area contributed by atoms with E-state index in [1.54, 1.807) is 12.1 Å². The van der Waals surface area contributed by atoms with Gasteiger partial charge in [-0.15, -0.1) is 0 Å². The number of anilines is 1. The molecule has 2 nitrogen and oxygen atoms in total. The molecular formula is C19H18FNO. The van der Waals surface area contributed by atoms with Crippen molar-refractivity contribution in [2.24, 2.45) is 5.92 Å². The van der Waals surface area contributed by atoms with E-state index in [9.17, 15) is 9.50 Å². The summed E-state index contributed by atoms with van der Waals surface area (Å²) < 4.78 is 14.3. The van der Waals surface area contributed by atoms with Gasteiger partial charge in [0.25, 0.3) is 0 Å². The van der Waals surface area contributed by atoms with Gasteiger partial charge in [-0.05, 0) is 48.7 Å². The van der Waals surface area contributed by atoms with E-state index in [2.05, 4.69) is 26.1 Å². The molecule has 2 N–H and O–H groups in total. The highest BCUT2D eigenvalue weighted by Crippen LogP contribution is 2.33. The van der Waals surface area contributed by atoms with Crippen molar-refractivity contribution in [1.82, 2.24) is 0 Å². The van der Waals surface area contributed by atoms with E-state index in [-0.39, 0.29) is 11.6 Å². The lowest BCUT2D eigenvalue weighted by atomic mass is 9.88. The molecule has 2 aromatic carbocycles. The molecule has 3 heteroatoms. The lowest BCUT2D eigenvalue weighted by Gasteiger charge is -2.29. The van der Waals surface area contributed by atoms with E-state index in [0.29, 0.717) is 28.3 Å². The molecule has 0 saturated carbocycles. The molecular weight excluding hydrogens is 277 g/mol. The smallest absolute Gasteiger partial charge is 0.131 e. The van der Waals surface area contributed by atoms with Crippen molar-refractivity contribution in [2.75, 3.05) is 5.32 Å². The number of nitrogens with one attached hydrogen (secondary N) is 1. The van der Waals surface area contributed by atoms with Crippen molar-refractivity contribution < 1.29 is 9.50 Å². The van der Waals surface area contributed by atoms with Crippen LogP contribution in [-0.2, 0) is 0 Å². The van der Waals surface area contributed by atoms with Crippen LogP contribution >= 0.6 is 0 Å². The van der Waals surface area contributed by atoms with Crippen LogP contribution in [0, 0.1) is 11.7 Å². The van der Waals surface area contributed by atoms with Gasteiger partial charge in [-0.2, -0.15) is 0 Å². The molecule has 1 aliphatic heterocycles. The van der Waals surface area contributed by atoms with Crippen LogP contribution in [0.25, 0.3) is 22.5 Å². The summed E-state index contributed by atoms with van der Waals surface area (Å²) in [5.41, 5.74) is 4.19. The second-order valence-corrected chi connectivity index (χ2v) is 6.36. The quantitative estimate of drug-likeness (QED) is 0.782. The molecule has 0 amide bonds. The Kier molecular flexibility index (Phi) is 2.65. The summed E-state index contributed by atoms with van der Waals surface area (Å²) in [5.74, 6) is 0.299. The fraction of sp³-hybridized carbons (Fsp3) is 0.263. The first-order valence-corrected chi connectivity index (χ1v) is 7.63. The Morgan fingerprint density at radius 2 is 1.86 bits per heavy atom. The normalized spacial score (nSPS) is 22.0. The van der Waals surface area contributed by atoms with E-state index in [1.807, 2.05) is 12.1 Å². The summed E-state index contributed by atoms with van der Waals surface area (Å²) in [7, 11) is 0. The van der Waals surface area contributed by atoms with E-state index >= 15 is 0 Å². The third-order valence-electron chi connectivity index (χ3n) is 5.19. The van der Waals surface area contributed by atoms with Gasteiger partial charge < -0.3 is 10.4 Å². The minimum atomic E-state index is -0.286. The number of benzene rings is 2. The van der Waals surface area contributed by atoms with Gasteiger partial charge in [-0.1, -0.05) is 24.6 Å². The number of halogens is 1. The molecule has 2 aliphatic rings. The number of fused-ring (bicyclic) bond motifs is 4. The van der Waals surface area contributed by atoms with Gasteiger partial charge in [0, 0.05) is 28.1 Å². The van der Waals surface area contributed by atoms with Gasteiger partial charge in [-0.3, -0.25) is 0 Å². The summed E-state index contributed by atoms with van der Waals surface area (Å²) in [4.78, 5) is 0. The monoisotopic (exact) mass is 295 g/mol. The standard InChI is InChI=1S/C19H18FNO/c1-9-10(2)13-7-14-15(8-17(13)21-11(9)3)19(22)12-5-4-6-16(20)18(12)14/h4-9,11,21-22H,1-3H3. The molecule has 0 aromatic heterocycles. The number of aliphatic hydroxyl groups excluding tert-OH is 1. The maximum absolute atomic E-state index is 14.3. The number of hydrogen-bond donors (Lipinski definition) is 2. The summed E-state index contributed by atoms with van der Waals surface area (Å²) in [6, 6.07) is 9.15. The molecule has 2 aromatic rings. The lowest BCUT2D eigenvalue weighted by Crippen LogP contribution is -2.36. The third kappa shape index (κ3) is 1.59. The van der Waals surface area contributed by atoms with Crippen LogP contribution in [0.5, 0.6) is 0 Å². The Morgan fingerprint density at radius 3 is 2.64 bits per heavy atom. The van der Waals surface area contributed by atoms with Crippen molar-refractivity contribution in [3.8, 4) is 11.1 Å². The molecule has 2 atom stereocenters. The van der Waals surface area contributed by atoms with Gasteiger partial charge in [0.2, 0.25) is 0 Å². The summed E-state index contributed by atoms with van der Waals surface area (Å²) >= 11 is 0. The maximum atomic E-state index is 14.3. The van der Waals surface area contributed by atoms with Crippen LogP contribution in [0.3, 0.4) is 0 Å². The highest BCUT2D eigenvalue weighted by atomic mass is 19.1.